The lowest BCUT2D eigenvalue weighted by Gasteiger charge is -2.30. The molecule has 0 aliphatic carbocycles. The summed E-state index contributed by atoms with van der Waals surface area (Å²) in [5.41, 5.74) is 2.79. The maximum atomic E-state index is 12.7. The zero-order valence-corrected chi connectivity index (χ0v) is 16.8. The lowest BCUT2D eigenvalue weighted by atomic mass is 10.1. The highest BCUT2D eigenvalue weighted by atomic mass is 16.6. The predicted octanol–water partition coefficient (Wildman–Crippen LogP) is 2.84. The number of nitrogens with zero attached hydrogens (tertiary/aromatic N) is 2. The first kappa shape index (κ1) is 21.3. The quantitative estimate of drug-likeness (QED) is 0.440. The Morgan fingerprint density at radius 1 is 1.17 bits per heavy atom. The van der Waals surface area contributed by atoms with E-state index in [0.717, 1.165) is 11.1 Å². The molecule has 158 valence electrons. The molecule has 30 heavy (non-hydrogen) atoms. The number of nitro benzene ring substituents is 1. The molecule has 1 aliphatic heterocycles. The van der Waals surface area contributed by atoms with E-state index in [1.165, 1.54) is 18.2 Å². The normalized spacial score (nSPS) is 13.6. The summed E-state index contributed by atoms with van der Waals surface area (Å²) in [7, 11) is 0. The van der Waals surface area contributed by atoms with E-state index in [9.17, 15) is 19.7 Å². The molecule has 0 bridgehead atoms. The van der Waals surface area contributed by atoms with Crippen LogP contribution < -0.4 is 10.2 Å². The summed E-state index contributed by atoms with van der Waals surface area (Å²) in [6.45, 7) is 5.31. The number of rotatable bonds is 6. The number of non-ortho nitro benzene ring substituents is 1. The van der Waals surface area contributed by atoms with Gasteiger partial charge in [-0.2, -0.15) is 0 Å². The molecule has 1 aliphatic rings. The molecule has 0 atom stereocenters. The number of nitro groups is 1. The lowest BCUT2D eigenvalue weighted by molar-refractivity contribution is -0.384. The molecule has 1 N–H and O–H groups in total. The summed E-state index contributed by atoms with van der Waals surface area (Å²) in [6.07, 6.45) is 0. The average Bonchev–Trinajstić information content (AvgIpc) is 2.75. The maximum Gasteiger partial charge on any atom is 0.341 e. The van der Waals surface area contributed by atoms with Crippen LogP contribution in [0.2, 0.25) is 0 Å². The van der Waals surface area contributed by atoms with Gasteiger partial charge in [-0.1, -0.05) is 18.2 Å². The molecule has 1 heterocycles. The van der Waals surface area contributed by atoms with E-state index in [2.05, 4.69) is 5.32 Å². The van der Waals surface area contributed by atoms with E-state index in [-0.39, 0.29) is 11.3 Å². The number of para-hydroxylation sites is 1. The van der Waals surface area contributed by atoms with Crippen molar-refractivity contribution in [3.05, 3.63) is 63.2 Å². The second-order valence-corrected chi connectivity index (χ2v) is 6.95. The summed E-state index contributed by atoms with van der Waals surface area (Å²) in [5, 5.41) is 13.9. The van der Waals surface area contributed by atoms with Gasteiger partial charge in [0.15, 0.2) is 6.61 Å². The summed E-state index contributed by atoms with van der Waals surface area (Å²) < 4.78 is 10.5. The molecule has 0 spiro atoms. The Morgan fingerprint density at radius 3 is 2.47 bits per heavy atom. The van der Waals surface area contributed by atoms with Gasteiger partial charge in [0.25, 0.3) is 11.6 Å². The number of nitrogens with one attached hydrogen (secondary N) is 1. The molecule has 1 saturated heterocycles. The van der Waals surface area contributed by atoms with Crippen molar-refractivity contribution in [3.63, 3.8) is 0 Å². The number of hydrogen-bond acceptors (Lipinski definition) is 7. The minimum Gasteiger partial charge on any atom is -0.452 e. The number of anilines is 2. The second kappa shape index (κ2) is 9.36. The Labute approximate surface area is 173 Å². The SMILES string of the molecule is Cc1cccc(C)c1NC(=O)COC(=O)c1cc([N+](=O)[O-])ccc1N1CCOCC1. The van der Waals surface area contributed by atoms with Gasteiger partial charge < -0.3 is 19.7 Å². The van der Waals surface area contributed by atoms with Crippen LogP contribution in [0.3, 0.4) is 0 Å². The number of carbonyl (C=O) groups excluding carboxylic acids is 2. The highest BCUT2D eigenvalue weighted by molar-refractivity contribution is 5.99. The molecule has 9 heteroatoms. The number of amides is 1. The van der Waals surface area contributed by atoms with Gasteiger partial charge in [0.2, 0.25) is 0 Å². The van der Waals surface area contributed by atoms with Gasteiger partial charge in [-0.3, -0.25) is 14.9 Å². The molecule has 0 saturated carbocycles. The number of morpholine rings is 1. The van der Waals surface area contributed by atoms with Crippen molar-refractivity contribution < 1.29 is 24.0 Å². The van der Waals surface area contributed by atoms with Crippen LogP contribution in [-0.4, -0.2) is 49.7 Å². The summed E-state index contributed by atoms with van der Waals surface area (Å²) >= 11 is 0. The van der Waals surface area contributed by atoms with Crippen molar-refractivity contribution >= 4 is 28.9 Å². The van der Waals surface area contributed by atoms with E-state index in [4.69, 9.17) is 9.47 Å². The lowest BCUT2D eigenvalue weighted by Crippen LogP contribution is -2.37. The third-order valence-electron chi connectivity index (χ3n) is 4.84. The molecule has 1 fully saturated rings. The molecule has 0 aromatic heterocycles. The van der Waals surface area contributed by atoms with Gasteiger partial charge >= 0.3 is 5.97 Å². The Balaban J connectivity index is 1.74. The monoisotopic (exact) mass is 413 g/mol. The first-order chi connectivity index (χ1) is 14.4. The Morgan fingerprint density at radius 2 is 1.83 bits per heavy atom. The standard InChI is InChI=1S/C21H23N3O6/c1-14-4-3-5-15(2)20(14)22-19(25)13-30-21(26)17-12-16(24(27)28)6-7-18(17)23-8-10-29-11-9-23/h3-7,12H,8-11,13H2,1-2H3,(H,22,25). The number of esters is 1. The van der Waals surface area contributed by atoms with Gasteiger partial charge in [0.1, 0.15) is 0 Å². The minimum absolute atomic E-state index is 0.0472. The Bertz CT molecular complexity index is 949. The molecule has 3 rings (SSSR count). The molecule has 0 unspecified atom stereocenters. The largest absolute Gasteiger partial charge is 0.452 e. The maximum absolute atomic E-state index is 12.7. The van der Waals surface area contributed by atoms with Gasteiger partial charge in [-0.05, 0) is 31.0 Å². The third-order valence-corrected chi connectivity index (χ3v) is 4.84. The number of aryl methyl sites for hydroxylation is 2. The van der Waals surface area contributed by atoms with Crippen LogP contribution >= 0.6 is 0 Å². The fourth-order valence-electron chi connectivity index (χ4n) is 3.28. The molecular weight excluding hydrogens is 390 g/mol. The zero-order chi connectivity index (χ0) is 21.7. The van der Waals surface area contributed by atoms with Crippen LogP contribution in [0.25, 0.3) is 0 Å². The summed E-state index contributed by atoms with van der Waals surface area (Å²) in [4.78, 5) is 37.5. The van der Waals surface area contributed by atoms with Crippen molar-refractivity contribution in [3.8, 4) is 0 Å². The van der Waals surface area contributed by atoms with E-state index >= 15 is 0 Å². The first-order valence-corrected chi connectivity index (χ1v) is 9.51. The number of hydrogen-bond donors (Lipinski definition) is 1. The van der Waals surface area contributed by atoms with Crippen LogP contribution in [0.1, 0.15) is 21.5 Å². The highest BCUT2D eigenvalue weighted by Crippen LogP contribution is 2.27. The van der Waals surface area contributed by atoms with E-state index in [1.54, 1.807) is 0 Å². The Hall–Kier alpha value is -3.46. The number of carbonyl (C=O) groups is 2. The van der Waals surface area contributed by atoms with Gasteiger partial charge in [-0.15, -0.1) is 0 Å². The molecule has 2 aromatic rings. The minimum atomic E-state index is -0.795. The second-order valence-electron chi connectivity index (χ2n) is 6.95. The van der Waals surface area contributed by atoms with Crippen LogP contribution in [0, 0.1) is 24.0 Å². The smallest absolute Gasteiger partial charge is 0.341 e. The zero-order valence-electron chi connectivity index (χ0n) is 16.8. The van der Waals surface area contributed by atoms with Gasteiger partial charge in [-0.25, -0.2) is 4.79 Å². The average molecular weight is 413 g/mol. The van der Waals surface area contributed by atoms with Crippen LogP contribution in [0.15, 0.2) is 36.4 Å². The predicted molar refractivity (Wildman–Crippen MR) is 111 cm³/mol. The first-order valence-electron chi connectivity index (χ1n) is 9.51. The highest BCUT2D eigenvalue weighted by Gasteiger charge is 2.23. The number of benzene rings is 2. The van der Waals surface area contributed by atoms with Crippen molar-refractivity contribution in [2.45, 2.75) is 13.8 Å². The topological polar surface area (TPSA) is 111 Å². The van der Waals surface area contributed by atoms with Crippen molar-refractivity contribution in [2.24, 2.45) is 0 Å². The van der Waals surface area contributed by atoms with Crippen molar-refractivity contribution in [1.82, 2.24) is 0 Å². The number of ether oxygens (including phenoxy) is 2. The van der Waals surface area contributed by atoms with Crippen LogP contribution in [0.4, 0.5) is 17.1 Å². The Kier molecular flexibility index (Phi) is 6.63. The summed E-state index contributed by atoms with van der Waals surface area (Å²) in [6, 6.07) is 9.66. The third kappa shape index (κ3) is 4.93. The van der Waals surface area contributed by atoms with Gasteiger partial charge in [0, 0.05) is 30.9 Å². The molecule has 9 nitrogen and oxygen atoms in total. The van der Waals surface area contributed by atoms with Gasteiger partial charge in [0.05, 0.1) is 29.4 Å². The van der Waals surface area contributed by atoms with Crippen molar-refractivity contribution in [1.29, 1.82) is 0 Å². The fraction of sp³-hybridized carbons (Fsp3) is 0.333. The van der Waals surface area contributed by atoms with Crippen molar-refractivity contribution in [2.75, 3.05) is 43.1 Å². The van der Waals surface area contributed by atoms with Crippen LogP contribution in [-0.2, 0) is 14.3 Å². The van der Waals surface area contributed by atoms with E-state index < -0.39 is 23.4 Å². The molecule has 2 aromatic carbocycles. The van der Waals surface area contributed by atoms with Crippen LogP contribution in [0.5, 0.6) is 0 Å². The molecular formula is C21H23N3O6. The van der Waals surface area contributed by atoms with E-state index in [1.807, 2.05) is 36.9 Å². The van der Waals surface area contributed by atoms with E-state index in [0.29, 0.717) is 37.7 Å². The molecule has 1 amide bonds. The molecule has 0 radical (unpaired) electrons. The fourth-order valence-corrected chi connectivity index (χ4v) is 3.28. The summed E-state index contributed by atoms with van der Waals surface area (Å²) in [5.74, 6) is -1.28.